The summed E-state index contributed by atoms with van der Waals surface area (Å²) in [6.45, 7) is 7.07. The van der Waals surface area contributed by atoms with Gasteiger partial charge in [0.05, 0.1) is 6.04 Å². The van der Waals surface area contributed by atoms with Gasteiger partial charge in [-0.2, -0.15) is 0 Å². The number of nitrogens with one attached hydrogen (secondary N) is 1. The lowest BCUT2D eigenvalue weighted by Gasteiger charge is -2.19. The van der Waals surface area contributed by atoms with Crippen LogP contribution in [0.5, 0.6) is 0 Å². The summed E-state index contributed by atoms with van der Waals surface area (Å²) < 4.78 is 6.40. The molecule has 0 fully saturated rings. The summed E-state index contributed by atoms with van der Waals surface area (Å²) in [5.74, 6) is 0.860. The summed E-state index contributed by atoms with van der Waals surface area (Å²) >= 11 is 9.74. The molecule has 0 aliphatic rings. The third-order valence-electron chi connectivity index (χ3n) is 3.21. The van der Waals surface area contributed by atoms with Crippen molar-refractivity contribution in [3.63, 3.8) is 0 Å². The number of halogens is 2. The van der Waals surface area contributed by atoms with E-state index in [-0.39, 0.29) is 6.04 Å². The van der Waals surface area contributed by atoms with Gasteiger partial charge in [0.1, 0.15) is 5.76 Å². The maximum absolute atomic E-state index is 6.40. The lowest BCUT2D eigenvalue weighted by Crippen LogP contribution is -2.22. The molecule has 1 aromatic carbocycles. The third-order valence-corrected chi connectivity index (χ3v) is 3.96. The number of hydrogen-bond donors (Lipinski definition) is 1. The Kier molecular flexibility index (Phi) is 4.71. The number of benzene rings is 1. The molecule has 0 radical (unpaired) electrons. The normalized spacial score (nSPS) is 12.7. The fourth-order valence-corrected chi connectivity index (χ4v) is 2.72. The van der Waals surface area contributed by atoms with E-state index in [9.17, 15) is 0 Å². The minimum Gasteiger partial charge on any atom is -0.452 e. The number of furan rings is 1. The molecule has 0 saturated carbocycles. The smallest absolute Gasteiger partial charge is 0.169 e. The largest absolute Gasteiger partial charge is 0.452 e. The van der Waals surface area contributed by atoms with Crippen LogP contribution in [-0.4, -0.2) is 6.54 Å². The number of rotatable bonds is 4. The van der Waals surface area contributed by atoms with Gasteiger partial charge < -0.3 is 9.73 Å². The van der Waals surface area contributed by atoms with Crippen LogP contribution in [0.3, 0.4) is 0 Å². The molecule has 1 N–H and O–H groups in total. The van der Waals surface area contributed by atoms with Crippen molar-refractivity contribution in [1.29, 1.82) is 0 Å². The standard InChI is InChI=1S/C15H17BrClNO/c1-4-18-15(13-5-6-14(16)19-13)11-7-9(2)10(3)8-12(11)17/h5-8,15,18H,4H2,1-3H3. The number of hydrogen-bond acceptors (Lipinski definition) is 2. The van der Waals surface area contributed by atoms with E-state index in [1.807, 2.05) is 18.2 Å². The van der Waals surface area contributed by atoms with Gasteiger partial charge in [0.2, 0.25) is 0 Å². The highest BCUT2D eigenvalue weighted by Gasteiger charge is 2.20. The first-order valence-corrected chi connectivity index (χ1v) is 7.45. The summed E-state index contributed by atoms with van der Waals surface area (Å²) in [4.78, 5) is 0. The molecule has 1 aromatic heterocycles. The fourth-order valence-electron chi connectivity index (χ4n) is 2.08. The predicted octanol–water partition coefficient (Wildman–Crippen LogP) is 5.01. The molecule has 0 spiro atoms. The molecule has 0 amide bonds. The zero-order chi connectivity index (χ0) is 14.0. The SMILES string of the molecule is CCNC(c1ccc(Br)o1)c1cc(C)c(C)cc1Cl. The monoisotopic (exact) mass is 341 g/mol. The minimum absolute atomic E-state index is 0.0249. The maximum Gasteiger partial charge on any atom is 0.169 e. The lowest BCUT2D eigenvalue weighted by molar-refractivity contribution is 0.437. The van der Waals surface area contributed by atoms with Crippen molar-refractivity contribution in [2.45, 2.75) is 26.8 Å². The Morgan fingerprint density at radius 3 is 2.53 bits per heavy atom. The van der Waals surface area contributed by atoms with Gasteiger partial charge >= 0.3 is 0 Å². The van der Waals surface area contributed by atoms with Crippen LogP contribution in [0.2, 0.25) is 5.02 Å². The Morgan fingerprint density at radius 1 is 1.26 bits per heavy atom. The van der Waals surface area contributed by atoms with Gasteiger partial charge in [-0.25, -0.2) is 0 Å². The van der Waals surface area contributed by atoms with E-state index < -0.39 is 0 Å². The topological polar surface area (TPSA) is 25.2 Å². The zero-order valence-corrected chi connectivity index (χ0v) is 13.6. The van der Waals surface area contributed by atoms with Gasteiger partial charge in [-0.1, -0.05) is 24.6 Å². The van der Waals surface area contributed by atoms with Gasteiger partial charge in [0, 0.05) is 5.02 Å². The average Bonchev–Trinajstić information content (AvgIpc) is 2.78. The van der Waals surface area contributed by atoms with Crippen molar-refractivity contribution in [2.24, 2.45) is 0 Å². The van der Waals surface area contributed by atoms with E-state index in [1.165, 1.54) is 11.1 Å². The molecule has 0 saturated heterocycles. The van der Waals surface area contributed by atoms with Crippen molar-refractivity contribution < 1.29 is 4.42 Å². The summed E-state index contributed by atoms with van der Waals surface area (Å²) in [6, 6.07) is 7.97. The van der Waals surface area contributed by atoms with Gasteiger partial charge in [-0.05, 0) is 71.2 Å². The van der Waals surface area contributed by atoms with Gasteiger partial charge in [-0.3, -0.25) is 0 Å². The highest BCUT2D eigenvalue weighted by molar-refractivity contribution is 9.10. The maximum atomic E-state index is 6.40. The number of aryl methyl sites for hydroxylation is 2. The second kappa shape index (κ2) is 6.12. The summed E-state index contributed by atoms with van der Waals surface area (Å²) in [6.07, 6.45) is 0. The minimum atomic E-state index is -0.0249. The molecule has 2 rings (SSSR count). The molecular formula is C15H17BrClNO. The van der Waals surface area contributed by atoms with E-state index in [4.69, 9.17) is 16.0 Å². The molecule has 0 aliphatic carbocycles. The molecule has 0 aliphatic heterocycles. The molecule has 19 heavy (non-hydrogen) atoms. The van der Waals surface area contributed by atoms with Crippen LogP contribution < -0.4 is 5.32 Å². The Balaban J connectivity index is 2.47. The van der Waals surface area contributed by atoms with Gasteiger partial charge in [0.15, 0.2) is 4.67 Å². The zero-order valence-electron chi connectivity index (χ0n) is 11.3. The Hall–Kier alpha value is -0.770. The predicted molar refractivity (Wildman–Crippen MR) is 82.9 cm³/mol. The summed E-state index contributed by atoms with van der Waals surface area (Å²) in [5, 5.41) is 4.18. The summed E-state index contributed by atoms with van der Waals surface area (Å²) in [7, 11) is 0. The van der Waals surface area contributed by atoms with Crippen molar-refractivity contribution in [1.82, 2.24) is 5.32 Å². The molecule has 4 heteroatoms. The van der Waals surface area contributed by atoms with E-state index in [1.54, 1.807) is 0 Å². The molecule has 102 valence electrons. The molecule has 0 bridgehead atoms. The van der Waals surface area contributed by atoms with Crippen molar-refractivity contribution in [3.8, 4) is 0 Å². The van der Waals surface area contributed by atoms with Crippen LogP contribution in [-0.2, 0) is 0 Å². The highest BCUT2D eigenvalue weighted by Crippen LogP contribution is 2.32. The van der Waals surface area contributed by atoms with Crippen LogP contribution in [0, 0.1) is 13.8 Å². The Morgan fingerprint density at radius 2 is 1.95 bits per heavy atom. The molecule has 1 unspecified atom stereocenters. The van der Waals surface area contributed by atoms with Crippen LogP contribution in [0.1, 0.15) is 35.4 Å². The molecule has 1 heterocycles. The molecule has 1 atom stereocenters. The lowest BCUT2D eigenvalue weighted by atomic mass is 9.99. The first kappa shape index (κ1) is 14.6. The molecule has 2 aromatic rings. The van der Waals surface area contributed by atoms with E-state index in [2.05, 4.69) is 48.1 Å². The fraction of sp³-hybridized carbons (Fsp3) is 0.333. The second-order valence-electron chi connectivity index (χ2n) is 4.59. The second-order valence-corrected chi connectivity index (χ2v) is 5.78. The Bertz CT molecular complexity index is 580. The highest BCUT2D eigenvalue weighted by atomic mass is 79.9. The summed E-state index contributed by atoms with van der Waals surface area (Å²) in [5.41, 5.74) is 3.48. The van der Waals surface area contributed by atoms with Gasteiger partial charge in [-0.15, -0.1) is 0 Å². The average molecular weight is 343 g/mol. The van der Waals surface area contributed by atoms with E-state index in [0.717, 1.165) is 27.6 Å². The van der Waals surface area contributed by atoms with Crippen LogP contribution in [0.4, 0.5) is 0 Å². The van der Waals surface area contributed by atoms with E-state index in [0.29, 0.717) is 0 Å². The van der Waals surface area contributed by atoms with Crippen LogP contribution in [0.15, 0.2) is 33.4 Å². The van der Waals surface area contributed by atoms with Crippen molar-refractivity contribution in [3.05, 3.63) is 56.4 Å². The first-order chi connectivity index (χ1) is 9.02. The van der Waals surface area contributed by atoms with Gasteiger partial charge in [0.25, 0.3) is 0 Å². The quantitative estimate of drug-likeness (QED) is 0.844. The molecule has 2 nitrogen and oxygen atoms in total. The molecular weight excluding hydrogens is 326 g/mol. The third kappa shape index (κ3) is 3.22. The van der Waals surface area contributed by atoms with Crippen molar-refractivity contribution in [2.75, 3.05) is 6.54 Å². The Labute approximate surface area is 127 Å². The van der Waals surface area contributed by atoms with Crippen molar-refractivity contribution >= 4 is 27.5 Å². The first-order valence-electron chi connectivity index (χ1n) is 6.28. The van der Waals surface area contributed by atoms with E-state index >= 15 is 0 Å². The van der Waals surface area contributed by atoms with Crippen LogP contribution in [0.25, 0.3) is 0 Å². The van der Waals surface area contributed by atoms with Crippen LogP contribution >= 0.6 is 27.5 Å².